The van der Waals surface area contributed by atoms with Crippen molar-refractivity contribution in [3.8, 4) is 0 Å². The Morgan fingerprint density at radius 3 is 2.41 bits per heavy atom. The number of benzene rings is 2. The Morgan fingerprint density at radius 2 is 1.72 bits per heavy atom. The van der Waals surface area contributed by atoms with Gasteiger partial charge in [-0.1, -0.05) is 29.8 Å². The van der Waals surface area contributed by atoms with Crippen LogP contribution in [0.2, 0.25) is 5.02 Å². The smallest absolute Gasteiger partial charge is 0.375 e. The molecule has 0 unspecified atom stereocenters. The van der Waals surface area contributed by atoms with Crippen LogP contribution in [0.5, 0.6) is 0 Å². The summed E-state index contributed by atoms with van der Waals surface area (Å²) in [6.07, 6.45) is 1.15. The monoisotopic (exact) mass is 411 g/mol. The second-order valence-electron chi connectivity index (χ2n) is 6.46. The Bertz CT molecular complexity index is 1150. The number of carbonyl (C=O) groups excluding carboxylic acids is 3. The first-order valence-corrected chi connectivity index (χ1v) is 9.38. The molecule has 0 atom stereocenters. The number of nitrogens with one attached hydrogen (secondary N) is 1. The zero-order chi connectivity index (χ0) is 21.0. The molecule has 0 saturated carbocycles. The second-order valence-corrected chi connectivity index (χ2v) is 6.89. The van der Waals surface area contributed by atoms with Gasteiger partial charge in [0.15, 0.2) is 11.2 Å². The minimum absolute atomic E-state index is 0.0335. The number of halogens is 1. The summed E-state index contributed by atoms with van der Waals surface area (Å²) < 4.78 is 4.59. The van der Waals surface area contributed by atoms with Gasteiger partial charge in [0.25, 0.3) is 0 Å². The van der Waals surface area contributed by atoms with Gasteiger partial charge in [-0.2, -0.15) is 0 Å². The highest BCUT2D eigenvalue weighted by atomic mass is 35.5. The number of pyridine rings is 1. The molecule has 0 aliphatic heterocycles. The normalized spacial score (nSPS) is 10.7. The summed E-state index contributed by atoms with van der Waals surface area (Å²) in [5.41, 5.74) is 1.83. The minimum Gasteiger partial charge on any atom is -0.460 e. The van der Waals surface area contributed by atoms with Gasteiger partial charge in [0.2, 0.25) is 5.78 Å². The fourth-order valence-corrected chi connectivity index (χ4v) is 3.07. The largest absolute Gasteiger partial charge is 0.460 e. The van der Waals surface area contributed by atoms with Crippen molar-refractivity contribution in [3.63, 3.8) is 0 Å². The van der Waals surface area contributed by atoms with Crippen LogP contribution in [0.15, 0.2) is 53.5 Å². The Labute approximate surface area is 171 Å². The number of esters is 1. The molecular weight excluding hydrogens is 394 g/mol. The second kappa shape index (κ2) is 8.84. The van der Waals surface area contributed by atoms with Gasteiger partial charge in [-0.3, -0.25) is 14.4 Å². The van der Waals surface area contributed by atoms with E-state index in [1.54, 1.807) is 31.2 Å². The standard InChI is InChI=1S/C22H18ClNO5/c1-2-29-22(28)20(26)11-19(25)17-12-24-18-8-5-14(10-16(18)21(17)27)9-13-3-6-15(23)7-4-13/h3-8,10,12H,2,9,11H2,1H3,(H,24,27). The van der Waals surface area contributed by atoms with Crippen LogP contribution < -0.4 is 5.43 Å². The molecule has 0 saturated heterocycles. The fraction of sp³-hybridized carbons (Fsp3) is 0.182. The predicted octanol–water partition coefficient (Wildman–Crippen LogP) is 3.48. The van der Waals surface area contributed by atoms with Crippen LogP contribution in [-0.2, 0) is 20.7 Å². The summed E-state index contributed by atoms with van der Waals surface area (Å²) in [6, 6.07) is 12.8. The molecule has 0 aliphatic carbocycles. The fourth-order valence-electron chi connectivity index (χ4n) is 2.95. The van der Waals surface area contributed by atoms with E-state index in [0.717, 1.165) is 11.1 Å². The molecule has 3 rings (SSSR count). The molecule has 1 N–H and O–H groups in total. The van der Waals surface area contributed by atoms with Crippen molar-refractivity contribution >= 4 is 40.0 Å². The average molecular weight is 412 g/mol. The molecule has 0 bridgehead atoms. The van der Waals surface area contributed by atoms with Gasteiger partial charge in [0.1, 0.15) is 0 Å². The third kappa shape index (κ3) is 4.78. The molecule has 2 aromatic carbocycles. The maximum absolute atomic E-state index is 12.8. The number of Topliss-reactive ketones (excluding diaryl/α,β-unsaturated/α-hetero) is 2. The molecule has 6 nitrogen and oxygen atoms in total. The van der Waals surface area contributed by atoms with E-state index in [2.05, 4.69) is 9.72 Å². The maximum atomic E-state index is 12.8. The number of carbonyl (C=O) groups is 3. The van der Waals surface area contributed by atoms with E-state index in [1.165, 1.54) is 6.20 Å². The molecule has 0 aliphatic rings. The van der Waals surface area contributed by atoms with E-state index >= 15 is 0 Å². The summed E-state index contributed by atoms with van der Waals surface area (Å²) in [5.74, 6) is -2.79. The van der Waals surface area contributed by atoms with Crippen molar-refractivity contribution in [2.75, 3.05) is 6.61 Å². The van der Waals surface area contributed by atoms with Crippen LogP contribution in [0, 0.1) is 0 Å². The van der Waals surface area contributed by atoms with Gasteiger partial charge >= 0.3 is 5.97 Å². The van der Waals surface area contributed by atoms with Crippen molar-refractivity contribution in [1.29, 1.82) is 0 Å². The zero-order valence-electron chi connectivity index (χ0n) is 15.7. The Morgan fingerprint density at radius 1 is 1.03 bits per heavy atom. The average Bonchev–Trinajstić information content (AvgIpc) is 2.70. The van der Waals surface area contributed by atoms with Crippen LogP contribution in [0.1, 0.15) is 34.8 Å². The van der Waals surface area contributed by atoms with Gasteiger partial charge in [-0.15, -0.1) is 0 Å². The number of ketones is 2. The summed E-state index contributed by atoms with van der Waals surface area (Å²) in [4.78, 5) is 51.3. The molecule has 1 heterocycles. The van der Waals surface area contributed by atoms with Crippen LogP contribution in [-0.4, -0.2) is 29.1 Å². The van der Waals surface area contributed by atoms with E-state index in [0.29, 0.717) is 22.3 Å². The van der Waals surface area contributed by atoms with E-state index in [1.807, 2.05) is 18.2 Å². The third-order valence-electron chi connectivity index (χ3n) is 4.39. The molecule has 148 valence electrons. The van der Waals surface area contributed by atoms with Gasteiger partial charge in [0, 0.05) is 22.1 Å². The van der Waals surface area contributed by atoms with Crippen molar-refractivity contribution in [2.45, 2.75) is 19.8 Å². The van der Waals surface area contributed by atoms with Crippen molar-refractivity contribution in [2.24, 2.45) is 0 Å². The summed E-state index contributed by atoms with van der Waals surface area (Å²) in [5, 5.41) is 0.982. The molecule has 3 aromatic rings. The van der Waals surface area contributed by atoms with Crippen LogP contribution in [0.3, 0.4) is 0 Å². The Balaban J connectivity index is 1.88. The van der Waals surface area contributed by atoms with E-state index in [-0.39, 0.29) is 12.2 Å². The number of rotatable bonds is 7. The first-order chi connectivity index (χ1) is 13.9. The number of aromatic nitrogens is 1. The lowest BCUT2D eigenvalue weighted by molar-refractivity contribution is -0.153. The molecule has 0 spiro atoms. The topological polar surface area (TPSA) is 93.3 Å². The highest BCUT2D eigenvalue weighted by Crippen LogP contribution is 2.17. The lowest BCUT2D eigenvalue weighted by atomic mass is 10.0. The SMILES string of the molecule is CCOC(=O)C(=O)CC(=O)c1c[nH]c2ccc(Cc3ccc(Cl)cc3)cc2c1=O. The van der Waals surface area contributed by atoms with E-state index in [9.17, 15) is 19.2 Å². The van der Waals surface area contributed by atoms with Gasteiger partial charge in [-0.25, -0.2) is 4.79 Å². The molecule has 0 amide bonds. The third-order valence-corrected chi connectivity index (χ3v) is 4.64. The summed E-state index contributed by atoms with van der Waals surface area (Å²) in [6.45, 7) is 1.59. The quantitative estimate of drug-likeness (QED) is 0.278. The number of aromatic amines is 1. The number of H-pyrrole nitrogens is 1. The first-order valence-electron chi connectivity index (χ1n) is 9.01. The van der Waals surface area contributed by atoms with Gasteiger partial charge in [-0.05, 0) is 48.7 Å². The van der Waals surface area contributed by atoms with E-state index in [4.69, 9.17) is 11.6 Å². The highest BCUT2D eigenvalue weighted by Gasteiger charge is 2.22. The van der Waals surface area contributed by atoms with Crippen molar-refractivity contribution in [1.82, 2.24) is 4.98 Å². The molecule has 7 heteroatoms. The summed E-state index contributed by atoms with van der Waals surface area (Å²) >= 11 is 5.90. The zero-order valence-corrected chi connectivity index (χ0v) is 16.4. The maximum Gasteiger partial charge on any atom is 0.375 e. The molecule has 0 fully saturated rings. The molecular formula is C22H18ClNO5. The predicted molar refractivity (Wildman–Crippen MR) is 109 cm³/mol. The van der Waals surface area contributed by atoms with Gasteiger partial charge in [0.05, 0.1) is 18.6 Å². The lowest BCUT2D eigenvalue weighted by Crippen LogP contribution is -2.24. The van der Waals surface area contributed by atoms with Gasteiger partial charge < -0.3 is 9.72 Å². The van der Waals surface area contributed by atoms with Crippen molar-refractivity contribution in [3.05, 3.63) is 80.6 Å². The summed E-state index contributed by atoms with van der Waals surface area (Å²) in [7, 11) is 0. The number of hydrogen-bond acceptors (Lipinski definition) is 5. The van der Waals surface area contributed by atoms with E-state index < -0.39 is 29.4 Å². The van der Waals surface area contributed by atoms with Crippen LogP contribution in [0.4, 0.5) is 0 Å². The first kappa shape index (κ1) is 20.5. The highest BCUT2D eigenvalue weighted by molar-refractivity contribution is 6.38. The van der Waals surface area contributed by atoms with Crippen LogP contribution in [0.25, 0.3) is 10.9 Å². The molecule has 0 radical (unpaired) electrons. The number of ether oxygens (including phenoxy) is 1. The number of fused-ring (bicyclic) bond motifs is 1. The molecule has 29 heavy (non-hydrogen) atoms. The lowest BCUT2D eigenvalue weighted by Gasteiger charge is -2.06. The van der Waals surface area contributed by atoms with Crippen LogP contribution >= 0.6 is 11.6 Å². The Kier molecular flexibility index (Phi) is 6.24. The molecule has 1 aromatic heterocycles. The van der Waals surface area contributed by atoms with Crippen molar-refractivity contribution < 1.29 is 19.1 Å². The Hall–Kier alpha value is -3.25. The number of hydrogen-bond donors (Lipinski definition) is 1. The minimum atomic E-state index is -1.08.